The van der Waals surface area contributed by atoms with Crippen molar-refractivity contribution in [3.8, 4) is 0 Å². The van der Waals surface area contributed by atoms with Crippen LogP contribution < -0.4 is 0 Å². The highest BCUT2D eigenvalue weighted by Gasteiger charge is 2.20. The molecule has 2 aliphatic rings. The first kappa shape index (κ1) is 22.0. The second-order valence-electron chi connectivity index (χ2n) is 7.73. The van der Waals surface area contributed by atoms with Crippen LogP contribution in [-0.2, 0) is 0 Å². The number of allylic oxidation sites excluding steroid dienone is 7. The molecule has 141 valence electrons. The molecule has 0 nitrogen and oxygen atoms in total. The number of rotatable bonds is 7. The van der Waals surface area contributed by atoms with Crippen molar-refractivity contribution in [1.29, 1.82) is 0 Å². The number of hydrogen-bond acceptors (Lipinski definition) is 0. The van der Waals surface area contributed by atoms with Crippen molar-refractivity contribution < 1.29 is 0 Å². The van der Waals surface area contributed by atoms with Crippen molar-refractivity contribution in [2.24, 2.45) is 17.8 Å². The van der Waals surface area contributed by atoms with E-state index in [1.165, 1.54) is 49.7 Å². The lowest BCUT2D eigenvalue weighted by molar-refractivity contribution is 0.278. The standard InChI is InChI=1S/C13H24.C12H17/c1-4-6-12(5-2)13-9-7-11(3)8-10-13;1-4-10(3)12-8-6-11(5-2)7-9-12/h7,12-13H,4-6,8-10H2,1-3H3;6-9,12H,3-5H2,1-2H3/t12?,13-;/m0./s1. The van der Waals surface area contributed by atoms with Gasteiger partial charge < -0.3 is 0 Å². The smallest absolute Gasteiger partial charge is 0.00462 e. The second-order valence-corrected chi connectivity index (χ2v) is 7.73. The van der Waals surface area contributed by atoms with E-state index in [4.69, 9.17) is 0 Å². The van der Waals surface area contributed by atoms with E-state index < -0.39 is 0 Å². The van der Waals surface area contributed by atoms with Crippen LogP contribution in [0.15, 0.2) is 47.6 Å². The van der Waals surface area contributed by atoms with Crippen LogP contribution >= 0.6 is 0 Å². The Morgan fingerprint density at radius 2 is 2.00 bits per heavy atom. The van der Waals surface area contributed by atoms with Crippen LogP contribution in [0.1, 0.15) is 86.0 Å². The third kappa shape index (κ3) is 7.80. The predicted octanol–water partition coefficient (Wildman–Crippen LogP) is 8.24. The van der Waals surface area contributed by atoms with E-state index in [9.17, 15) is 0 Å². The molecule has 0 bridgehead atoms. The summed E-state index contributed by atoms with van der Waals surface area (Å²) in [6, 6.07) is 0. The topological polar surface area (TPSA) is 0 Å². The zero-order valence-corrected chi connectivity index (χ0v) is 17.5. The van der Waals surface area contributed by atoms with Crippen LogP contribution in [-0.4, -0.2) is 0 Å². The molecule has 2 unspecified atom stereocenters. The zero-order valence-electron chi connectivity index (χ0n) is 17.5. The van der Waals surface area contributed by atoms with Crippen LogP contribution in [0.4, 0.5) is 0 Å². The molecule has 0 spiro atoms. The molecule has 0 N–H and O–H groups in total. The molecule has 0 aromatic heterocycles. The number of hydrogen-bond donors (Lipinski definition) is 0. The minimum Gasteiger partial charge on any atom is -0.0993 e. The summed E-state index contributed by atoms with van der Waals surface area (Å²) in [6.45, 7) is 15.3. The predicted molar refractivity (Wildman–Crippen MR) is 115 cm³/mol. The van der Waals surface area contributed by atoms with E-state index in [0.717, 1.165) is 24.7 Å². The van der Waals surface area contributed by atoms with Gasteiger partial charge in [0.2, 0.25) is 0 Å². The Hall–Kier alpha value is -1.04. The van der Waals surface area contributed by atoms with Crippen molar-refractivity contribution in [3.05, 3.63) is 54.0 Å². The molecule has 0 aromatic rings. The van der Waals surface area contributed by atoms with Crippen molar-refractivity contribution in [3.63, 3.8) is 0 Å². The normalized spacial score (nSPS) is 23.9. The molecular weight excluding hydrogens is 300 g/mol. The van der Waals surface area contributed by atoms with Gasteiger partial charge in [0.25, 0.3) is 0 Å². The molecule has 0 heterocycles. The first-order chi connectivity index (χ1) is 12.0. The van der Waals surface area contributed by atoms with Crippen molar-refractivity contribution >= 4 is 0 Å². The molecule has 0 saturated heterocycles. The van der Waals surface area contributed by atoms with Gasteiger partial charge in [0, 0.05) is 5.92 Å². The minimum atomic E-state index is 0.477. The first-order valence-corrected chi connectivity index (χ1v) is 10.6. The first-order valence-electron chi connectivity index (χ1n) is 10.6. The lowest BCUT2D eigenvalue weighted by Gasteiger charge is -2.28. The maximum Gasteiger partial charge on any atom is 0.00462 e. The van der Waals surface area contributed by atoms with Gasteiger partial charge in [-0.15, -0.1) is 0 Å². The van der Waals surface area contributed by atoms with Crippen LogP contribution in [0.2, 0.25) is 0 Å². The molecule has 0 aromatic carbocycles. The van der Waals surface area contributed by atoms with Crippen LogP contribution in [0.25, 0.3) is 0 Å². The highest BCUT2D eigenvalue weighted by atomic mass is 14.3. The highest BCUT2D eigenvalue weighted by Crippen LogP contribution is 2.33. The van der Waals surface area contributed by atoms with Crippen molar-refractivity contribution in [2.45, 2.75) is 86.0 Å². The lowest BCUT2D eigenvalue weighted by atomic mass is 9.78. The Kier molecular flexibility index (Phi) is 10.9. The van der Waals surface area contributed by atoms with Gasteiger partial charge in [0.15, 0.2) is 0 Å². The molecule has 0 aliphatic heterocycles. The van der Waals surface area contributed by atoms with E-state index >= 15 is 0 Å². The summed E-state index contributed by atoms with van der Waals surface area (Å²) >= 11 is 0. The SMILES string of the molecule is C=C(CC)C1[CH]C=C(CC)C=C1.CCCC(CC)[C@H]1CC=C(C)CC1. The Balaban J connectivity index is 0.000000251. The largest absolute Gasteiger partial charge is 0.0993 e. The summed E-state index contributed by atoms with van der Waals surface area (Å²) in [5.74, 6) is 2.47. The Bertz CT molecular complexity index is 474. The highest BCUT2D eigenvalue weighted by molar-refractivity contribution is 5.33. The summed E-state index contributed by atoms with van der Waals surface area (Å²) in [5, 5.41) is 0. The summed E-state index contributed by atoms with van der Waals surface area (Å²) in [4.78, 5) is 0. The monoisotopic (exact) mass is 341 g/mol. The fraction of sp³-hybridized carbons (Fsp3) is 0.640. The van der Waals surface area contributed by atoms with Crippen LogP contribution in [0, 0.1) is 24.2 Å². The quantitative estimate of drug-likeness (QED) is 0.409. The Morgan fingerprint density at radius 3 is 2.44 bits per heavy atom. The fourth-order valence-electron chi connectivity index (χ4n) is 3.88. The van der Waals surface area contributed by atoms with Crippen LogP contribution in [0.5, 0.6) is 0 Å². The third-order valence-corrected chi connectivity index (χ3v) is 5.90. The average Bonchev–Trinajstić information content (AvgIpc) is 2.67. The molecule has 0 amide bonds. The van der Waals surface area contributed by atoms with Crippen molar-refractivity contribution in [1.82, 2.24) is 0 Å². The Morgan fingerprint density at radius 1 is 1.24 bits per heavy atom. The lowest BCUT2D eigenvalue weighted by Crippen LogP contribution is -2.16. The maximum atomic E-state index is 4.04. The second kappa shape index (κ2) is 12.3. The molecule has 0 heteroatoms. The van der Waals surface area contributed by atoms with E-state index in [-0.39, 0.29) is 0 Å². The maximum absolute atomic E-state index is 4.04. The summed E-state index contributed by atoms with van der Waals surface area (Å²) in [5.41, 5.74) is 4.33. The van der Waals surface area contributed by atoms with Crippen LogP contribution in [0.3, 0.4) is 0 Å². The van der Waals surface area contributed by atoms with E-state index in [1.54, 1.807) is 5.57 Å². The average molecular weight is 342 g/mol. The molecule has 25 heavy (non-hydrogen) atoms. The van der Waals surface area contributed by atoms with Gasteiger partial charge in [-0.05, 0) is 57.3 Å². The van der Waals surface area contributed by atoms with Crippen molar-refractivity contribution in [2.75, 3.05) is 0 Å². The molecular formula is C25H41. The van der Waals surface area contributed by atoms with Gasteiger partial charge in [-0.3, -0.25) is 0 Å². The molecule has 1 radical (unpaired) electrons. The van der Waals surface area contributed by atoms with E-state index in [2.05, 4.69) is 71.9 Å². The third-order valence-electron chi connectivity index (χ3n) is 5.90. The van der Waals surface area contributed by atoms with E-state index in [0.29, 0.717) is 5.92 Å². The van der Waals surface area contributed by atoms with Gasteiger partial charge in [0.05, 0.1) is 0 Å². The van der Waals surface area contributed by atoms with Gasteiger partial charge in [-0.25, -0.2) is 0 Å². The molecule has 2 rings (SSSR count). The summed E-state index contributed by atoms with van der Waals surface area (Å²) in [7, 11) is 0. The summed E-state index contributed by atoms with van der Waals surface area (Å²) in [6.07, 6.45) is 21.9. The van der Waals surface area contributed by atoms with Gasteiger partial charge in [0.1, 0.15) is 0 Å². The molecule has 0 saturated carbocycles. The summed E-state index contributed by atoms with van der Waals surface area (Å²) < 4.78 is 0. The molecule has 2 aliphatic carbocycles. The van der Waals surface area contributed by atoms with E-state index in [1.807, 2.05) is 0 Å². The Labute approximate surface area is 158 Å². The zero-order chi connectivity index (χ0) is 18.7. The molecule has 0 fully saturated rings. The fourth-order valence-corrected chi connectivity index (χ4v) is 3.88. The van der Waals surface area contributed by atoms with Gasteiger partial charge in [-0.2, -0.15) is 0 Å². The molecule has 3 atom stereocenters. The van der Waals surface area contributed by atoms with Gasteiger partial charge >= 0.3 is 0 Å². The van der Waals surface area contributed by atoms with Gasteiger partial charge in [-0.1, -0.05) is 94.6 Å². The minimum absolute atomic E-state index is 0.477.